The lowest BCUT2D eigenvalue weighted by Crippen LogP contribution is -2.46. The zero-order valence-electron chi connectivity index (χ0n) is 10.4. The molecule has 0 saturated heterocycles. The molecule has 0 aromatic heterocycles. The molecule has 98 valence electrons. The van der Waals surface area contributed by atoms with Gasteiger partial charge in [-0.25, -0.2) is 4.39 Å². The van der Waals surface area contributed by atoms with Gasteiger partial charge in [0, 0.05) is 13.1 Å². The number of nitrogens with one attached hydrogen (secondary N) is 2. The number of aliphatic imine (C=N–C) groups is 1. The lowest BCUT2D eigenvalue weighted by atomic mass is 9.96. The highest BCUT2D eigenvalue weighted by Crippen LogP contribution is 2.19. The first-order valence-electron chi connectivity index (χ1n) is 6.08. The minimum atomic E-state index is -1.06. The molecule has 18 heavy (non-hydrogen) atoms. The van der Waals surface area contributed by atoms with Gasteiger partial charge in [0.15, 0.2) is 5.96 Å². The second-order valence-electron chi connectivity index (χ2n) is 4.64. The summed E-state index contributed by atoms with van der Waals surface area (Å²) in [5, 5.41) is 16.5. The molecule has 0 saturated carbocycles. The van der Waals surface area contributed by atoms with Gasteiger partial charge in [0.05, 0.1) is 6.54 Å². The average molecular weight is 251 g/mol. The average Bonchev–Trinajstić information content (AvgIpc) is 2.38. The zero-order chi connectivity index (χ0) is 13.0. The molecule has 2 rings (SSSR count). The van der Waals surface area contributed by atoms with Gasteiger partial charge in [-0.1, -0.05) is 12.1 Å². The van der Waals surface area contributed by atoms with Crippen LogP contribution in [0.3, 0.4) is 0 Å². The summed E-state index contributed by atoms with van der Waals surface area (Å²) in [5.74, 6) is 0.407. The quantitative estimate of drug-likeness (QED) is 0.750. The van der Waals surface area contributed by atoms with Crippen molar-refractivity contribution in [2.24, 2.45) is 4.99 Å². The first kappa shape index (κ1) is 12.8. The Hall–Kier alpha value is -1.62. The maximum absolute atomic E-state index is 12.8. The Morgan fingerprint density at radius 3 is 2.78 bits per heavy atom. The van der Waals surface area contributed by atoms with Crippen molar-refractivity contribution in [2.45, 2.75) is 18.9 Å². The van der Waals surface area contributed by atoms with Crippen LogP contribution in [0.1, 0.15) is 18.9 Å². The van der Waals surface area contributed by atoms with Crippen LogP contribution in [-0.4, -0.2) is 30.7 Å². The first-order chi connectivity index (χ1) is 8.58. The normalized spacial score (nSPS) is 18.5. The van der Waals surface area contributed by atoms with Gasteiger partial charge in [0.2, 0.25) is 0 Å². The molecule has 0 bridgehead atoms. The van der Waals surface area contributed by atoms with Crippen molar-refractivity contribution in [3.8, 4) is 0 Å². The minimum Gasteiger partial charge on any atom is -0.384 e. The summed E-state index contributed by atoms with van der Waals surface area (Å²) in [4.78, 5) is 4.26. The van der Waals surface area contributed by atoms with Crippen LogP contribution >= 0.6 is 0 Å². The fourth-order valence-corrected chi connectivity index (χ4v) is 1.82. The third kappa shape index (κ3) is 3.20. The Morgan fingerprint density at radius 1 is 1.44 bits per heavy atom. The van der Waals surface area contributed by atoms with Crippen molar-refractivity contribution in [3.05, 3.63) is 35.6 Å². The number of aliphatic hydroxyl groups is 1. The molecule has 0 radical (unpaired) electrons. The molecule has 0 aliphatic carbocycles. The Balaban J connectivity index is 1.98. The van der Waals surface area contributed by atoms with Crippen LogP contribution in [-0.2, 0) is 5.60 Å². The number of guanidine groups is 1. The molecule has 1 aromatic rings. The molecule has 1 heterocycles. The fourth-order valence-electron chi connectivity index (χ4n) is 1.82. The monoisotopic (exact) mass is 251 g/mol. The summed E-state index contributed by atoms with van der Waals surface area (Å²) < 4.78 is 12.8. The maximum Gasteiger partial charge on any atom is 0.191 e. The Labute approximate surface area is 106 Å². The molecule has 1 aliphatic heterocycles. The summed E-state index contributed by atoms with van der Waals surface area (Å²) in [5.41, 5.74) is -0.386. The lowest BCUT2D eigenvalue weighted by molar-refractivity contribution is 0.0616. The molecule has 1 atom stereocenters. The molecular weight excluding hydrogens is 233 g/mol. The summed E-state index contributed by atoms with van der Waals surface area (Å²) in [7, 11) is 0. The van der Waals surface area contributed by atoms with Gasteiger partial charge < -0.3 is 15.7 Å². The van der Waals surface area contributed by atoms with Crippen molar-refractivity contribution < 1.29 is 9.50 Å². The van der Waals surface area contributed by atoms with E-state index >= 15 is 0 Å². The van der Waals surface area contributed by atoms with Crippen LogP contribution in [0.5, 0.6) is 0 Å². The number of halogens is 1. The van der Waals surface area contributed by atoms with Gasteiger partial charge in [-0.3, -0.25) is 4.99 Å². The molecule has 1 unspecified atom stereocenters. The van der Waals surface area contributed by atoms with Crippen molar-refractivity contribution in [1.82, 2.24) is 10.6 Å². The van der Waals surface area contributed by atoms with E-state index in [1.807, 2.05) is 0 Å². The van der Waals surface area contributed by atoms with Crippen molar-refractivity contribution in [1.29, 1.82) is 0 Å². The smallest absolute Gasteiger partial charge is 0.191 e. The van der Waals surface area contributed by atoms with E-state index in [4.69, 9.17) is 0 Å². The highest BCUT2D eigenvalue weighted by molar-refractivity contribution is 5.80. The fraction of sp³-hybridized carbons (Fsp3) is 0.462. The number of benzene rings is 1. The van der Waals surface area contributed by atoms with Crippen LogP contribution in [0.15, 0.2) is 29.3 Å². The molecule has 0 amide bonds. The molecule has 1 aromatic carbocycles. The Kier molecular flexibility index (Phi) is 3.81. The van der Waals surface area contributed by atoms with Gasteiger partial charge in [0.1, 0.15) is 11.4 Å². The van der Waals surface area contributed by atoms with E-state index < -0.39 is 5.60 Å². The zero-order valence-corrected chi connectivity index (χ0v) is 10.4. The molecule has 4 nitrogen and oxygen atoms in total. The molecule has 1 aliphatic rings. The second kappa shape index (κ2) is 5.35. The number of hydrogen-bond donors (Lipinski definition) is 3. The third-order valence-corrected chi connectivity index (χ3v) is 2.96. The van der Waals surface area contributed by atoms with Gasteiger partial charge in [-0.15, -0.1) is 0 Å². The van der Waals surface area contributed by atoms with Crippen LogP contribution in [0, 0.1) is 5.82 Å². The van der Waals surface area contributed by atoms with E-state index in [-0.39, 0.29) is 5.82 Å². The van der Waals surface area contributed by atoms with E-state index in [9.17, 15) is 9.50 Å². The second-order valence-corrected chi connectivity index (χ2v) is 4.64. The van der Waals surface area contributed by atoms with E-state index in [1.165, 1.54) is 12.1 Å². The van der Waals surface area contributed by atoms with Crippen LogP contribution in [0.4, 0.5) is 4.39 Å². The van der Waals surface area contributed by atoms with E-state index in [0.29, 0.717) is 18.1 Å². The van der Waals surface area contributed by atoms with Crippen molar-refractivity contribution in [2.75, 3.05) is 19.6 Å². The van der Waals surface area contributed by atoms with E-state index in [2.05, 4.69) is 15.6 Å². The van der Waals surface area contributed by atoms with Gasteiger partial charge in [-0.2, -0.15) is 0 Å². The van der Waals surface area contributed by atoms with Crippen LogP contribution in [0.2, 0.25) is 0 Å². The largest absolute Gasteiger partial charge is 0.384 e. The molecule has 0 fully saturated rings. The van der Waals surface area contributed by atoms with Crippen molar-refractivity contribution >= 4 is 5.96 Å². The molecule has 0 spiro atoms. The molecular formula is C13H18FN3O. The highest BCUT2D eigenvalue weighted by atomic mass is 19.1. The minimum absolute atomic E-state index is 0.305. The predicted molar refractivity (Wildman–Crippen MR) is 68.9 cm³/mol. The van der Waals surface area contributed by atoms with Gasteiger partial charge in [0.25, 0.3) is 0 Å². The summed E-state index contributed by atoms with van der Waals surface area (Å²) >= 11 is 0. The Morgan fingerprint density at radius 2 is 2.17 bits per heavy atom. The van der Waals surface area contributed by atoms with Gasteiger partial charge in [-0.05, 0) is 31.0 Å². The number of nitrogens with zero attached hydrogens (tertiary/aromatic N) is 1. The maximum atomic E-state index is 12.8. The highest BCUT2D eigenvalue weighted by Gasteiger charge is 2.23. The molecule has 3 N–H and O–H groups in total. The SMILES string of the molecule is CC(O)(CNC1=NCCCN1)c1ccc(F)cc1. The standard InChI is InChI=1S/C13H18FN3O/c1-13(18,10-3-5-11(14)6-4-10)9-17-12-15-7-2-8-16-12/h3-6,18H,2,7-9H2,1H3,(H2,15,16,17). The summed E-state index contributed by atoms with van der Waals surface area (Å²) in [6.45, 7) is 3.71. The van der Waals surface area contributed by atoms with Gasteiger partial charge >= 0.3 is 0 Å². The van der Waals surface area contributed by atoms with Crippen molar-refractivity contribution in [3.63, 3.8) is 0 Å². The lowest BCUT2D eigenvalue weighted by Gasteiger charge is -2.26. The summed E-state index contributed by atoms with van der Waals surface area (Å²) in [6.07, 6.45) is 1.03. The topological polar surface area (TPSA) is 56.6 Å². The first-order valence-corrected chi connectivity index (χ1v) is 6.08. The number of rotatable bonds is 3. The van der Waals surface area contributed by atoms with Crippen LogP contribution in [0.25, 0.3) is 0 Å². The predicted octanol–water partition coefficient (Wildman–Crippen LogP) is 0.972. The number of hydrogen-bond acceptors (Lipinski definition) is 4. The van der Waals surface area contributed by atoms with Crippen LogP contribution < -0.4 is 10.6 Å². The van der Waals surface area contributed by atoms with E-state index in [0.717, 1.165) is 19.5 Å². The third-order valence-electron chi connectivity index (χ3n) is 2.96. The summed E-state index contributed by atoms with van der Waals surface area (Å²) in [6, 6.07) is 5.88. The van der Waals surface area contributed by atoms with E-state index in [1.54, 1.807) is 19.1 Å². The molecule has 5 heteroatoms. The Bertz CT molecular complexity index is 428.